The van der Waals surface area contributed by atoms with Crippen molar-refractivity contribution in [1.82, 2.24) is 0 Å². The maximum atomic E-state index is 12.3. The maximum Gasteiger partial charge on any atom is 0.367 e. The van der Waals surface area contributed by atoms with Crippen molar-refractivity contribution in [3.63, 3.8) is 0 Å². The van der Waals surface area contributed by atoms with Gasteiger partial charge >= 0.3 is 7.60 Å². The first-order valence-corrected chi connectivity index (χ1v) is 9.46. The van der Waals surface area contributed by atoms with Gasteiger partial charge in [0.25, 0.3) is 0 Å². The molecule has 0 heterocycles. The van der Waals surface area contributed by atoms with E-state index in [1.165, 1.54) is 0 Å². The molecule has 0 aliphatic heterocycles. The summed E-state index contributed by atoms with van der Waals surface area (Å²) >= 11 is 0. The Morgan fingerprint density at radius 3 is 2.23 bits per heavy atom. The van der Waals surface area contributed by atoms with E-state index in [0.717, 1.165) is 24.8 Å². The minimum absolute atomic E-state index is 0.0871. The van der Waals surface area contributed by atoms with Crippen molar-refractivity contribution in [1.29, 1.82) is 0 Å². The Labute approximate surface area is 133 Å². The number of ether oxygens (including phenoxy) is 1. The van der Waals surface area contributed by atoms with Crippen molar-refractivity contribution in [2.75, 3.05) is 19.6 Å². The van der Waals surface area contributed by atoms with Crippen molar-refractivity contribution in [3.05, 3.63) is 29.8 Å². The van der Waals surface area contributed by atoms with Gasteiger partial charge in [-0.1, -0.05) is 25.2 Å². The largest absolute Gasteiger partial charge is 0.481 e. The van der Waals surface area contributed by atoms with Gasteiger partial charge in [0, 0.05) is 12.0 Å². The molecule has 0 atom stereocenters. The first kappa shape index (κ1) is 18.8. The second-order valence-corrected chi connectivity index (χ2v) is 6.65. The van der Waals surface area contributed by atoms with Crippen LogP contribution in [-0.4, -0.2) is 19.6 Å². The van der Waals surface area contributed by atoms with E-state index < -0.39 is 7.60 Å². The van der Waals surface area contributed by atoms with Crippen LogP contribution in [0.5, 0.6) is 5.75 Å². The first-order chi connectivity index (χ1) is 10.6. The van der Waals surface area contributed by atoms with Crippen LogP contribution in [0.2, 0.25) is 0 Å². The molecule has 0 spiro atoms. The molecule has 0 N–H and O–H groups in total. The monoisotopic (exact) mass is 324 g/mol. The van der Waals surface area contributed by atoms with Crippen LogP contribution in [0.15, 0.2) is 24.3 Å². The molecular formula is C17H25O4P. The molecule has 122 valence electrons. The third-order valence-electron chi connectivity index (χ3n) is 2.78. The zero-order valence-corrected chi connectivity index (χ0v) is 14.5. The zero-order chi connectivity index (χ0) is 16.3. The number of unbranched alkanes of at least 4 members (excludes halogenated alkanes) is 2. The van der Waals surface area contributed by atoms with E-state index >= 15 is 0 Å². The van der Waals surface area contributed by atoms with Crippen molar-refractivity contribution in [2.24, 2.45) is 0 Å². The van der Waals surface area contributed by atoms with Crippen LogP contribution in [0, 0.1) is 11.8 Å². The Hall–Kier alpha value is -1.27. The van der Waals surface area contributed by atoms with Gasteiger partial charge < -0.3 is 13.8 Å². The highest BCUT2D eigenvalue weighted by Crippen LogP contribution is 2.47. The third kappa shape index (κ3) is 7.13. The van der Waals surface area contributed by atoms with Crippen molar-refractivity contribution in [2.45, 2.75) is 40.0 Å². The van der Waals surface area contributed by atoms with Crippen LogP contribution >= 0.6 is 7.60 Å². The molecule has 0 unspecified atom stereocenters. The molecule has 0 saturated heterocycles. The quantitative estimate of drug-likeness (QED) is 0.371. The molecule has 0 bridgehead atoms. The van der Waals surface area contributed by atoms with Crippen molar-refractivity contribution in [3.8, 4) is 17.6 Å². The fourth-order valence-electron chi connectivity index (χ4n) is 1.72. The Bertz CT molecular complexity index is 518. The van der Waals surface area contributed by atoms with Gasteiger partial charge in [-0.2, -0.15) is 0 Å². The molecule has 0 amide bonds. The molecule has 1 aromatic carbocycles. The average Bonchev–Trinajstić information content (AvgIpc) is 2.51. The lowest BCUT2D eigenvalue weighted by Gasteiger charge is -2.17. The van der Waals surface area contributed by atoms with Crippen LogP contribution in [0.25, 0.3) is 0 Å². The van der Waals surface area contributed by atoms with E-state index in [2.05, 4.69) is 18.8 Å². The second kappa shape index (κ2) is 10.5. The molecule has 22 heavy (non-hydrogen) atoms. The molecule has 0 aliphatic rings. The standard InChI is InChI=1S/C17H25O4P/c1-4-7-8-9-10-16-11-13-17(14-12-16)19-15-22(18,20-5-2)21-6-3/h11-14H,4-8,15H2,1-3H3. The summed E-state index contributed by atoms with van der Waals surface area (Å²) in [6.07, 6.45) is 3.11. The number of hydrogen-bond acceptors (Lipinski definition) is 4. The lowest BCUT2D eigenvalue weighted by atomic mass is 10.2. The average molecular weight is 324 g/mol. The molecule has 0 radical (unpaired) electrons. The van der Waals surface area contributed by atoms with E-state index in [0.29, 0.717) is 19.0 Å². The number of benzene rings is 1. The van der Waals surface area contributed by atoms with Crippen LogP contribution in [0.4, 0.5) is 0 Å². The van der Waals surface area contributed by atoms with Gasteiger partial charge in [0.1, 0.15) is 5.75 Å². The third-order valence-corrected chi connectivity index (χ3v) is 4.53. The van der Waals surface area contributed by atoms with Crippen LogP contribution in [-0.2, 0) is 13.6 Å². The SMILES string of the molecule is CCCCC#Cc1ccc(OCP(=O)(OCC)OCC)cc1. The van der Waals surface area contributed by atoms with Crippen molar-refractivity contribution < 1.29 is 18.3 Å². The molecule has 1 aromatic rings. The van der Waals surface area contributed by atoms with Gasteiger partial charge in [-0.3, -0.25) is 4.57 Å². The molecule has 5 heteroatoms. The van der Waals surface area contributed by atoms with Crippen LogP contribution < -0.4 is 4.74 Å². The zero-order valence-electron chi connectivity index (χ0n) is 13.6. The highest BCUT2D eigenvalue weighted by Gasteiger charge is 2.24. The van der Waals surface area contributed by atoms with E-state index in [1.807, 2.05) is 24.3 Å². The summed E-state index contributed by atoms with van der Waals surface area (Å²) in [5.74, 6) is 6.87. The van der Waals surface area contributed by atoms with Gasteiger partial charge in [0.2, 0.25) is 0 Å². The minimum atomic E-state index is -3.17. The molecule has 4 nitrogen and oxygen atoms in total. The summed E-state index contributed by atoms with van der Waals surface area (Å²) in [6.45, 7) is 6.35. The van der Waals surface area contributed by atoms with E-state index in [9.17, 15) is 4.57 Å². The van der Waals surface area contributed by atoms with Gasteiger partial charge in [-0.25, -0.2) is 0 Å². The lowest BCUT2D eigenvalue weighted by Crippen LogP contribution is -2.05. The van der Waals surface area contributed by atoms with Gasteiger partial charge in [-0.05, 0) is 44.5 Å². The normalized spacial score (nSPS) is 10.9. The summed E-state index contributed by atoms with van der Waals surface area (Å²) in [6, 6.07) is 7.40. The molecule has 0 fully saturated rings. The van der Waals surface area contributed by atoms with E-state index in [-0.39, 0.29) is 6.35 Å². The summed E-state index contributed by atoms with van der Waals surface area (Å²) in [4.78, 5) is 0. The Kier molecular flexibility index (Phi) is 8.92. The predicted octanol–water partition coefficient (Wildman–Crippen LogP) is 4.83. The molecule has 1 rings (SSSR count). The fraction of sp³-hybridized carbons (Fsp3) is 0.529. The molecule has 0 saturated carbocycles. The lowest BCUT2D eigenvalue weighted by molar-refractivity contribution is 0.197. The summed E-state index contributed by atoms with van der Waals surface area (Å²) < 4.78 is 28.1. The maximum absolute atomic E-state index is 12.3. The van der Waals surface area contributed by atoms with Crippen LogP contribution in [0.1, 0.15) is 45.6 Å². The van der Waals surface area contributed by atoms with Gasteiger partial charge in [0.05, 0.1) is 13.2 Å². The summed E-state index contributed by atoms with van der Waals surface area (Å²) in [5, 5.41) is 0. The Balaban J connectivity index is 2.56. The molecular weight excluding hydrogens is 299 g/mol. The predicted molar refractivity (Wildman–Crippen MR) is 89.2 cm³/mol. The Morgan fingerprint density at radius 1 is 1.05 bits per heavy atom. The topological polar surface area (TPSA) is 44.8 Å². The molecule has 0 aromatic heterocycles. The van der Waals surface area contributed by atoms with Crippen LogP contribution in [0.3, 0.4) is 0 Å². The smallest absolute Gasteiger partial charge is 0.367 e. The van der Waals surface area contributed by atoms with E-state index in [4.69, 9.17) is 13.8 Å². The van der Waals surface area contributed by atoms with Gasteiger partial charge in [0.15, 0.2) is 6.35 Å². The van der Waals surface area contributed by atoms with Crippen molar-refractivity contribution >= 4 is 7.60 Å². The fourth-order valence-corrected chi connectivity index (χ4v) is 3.04. The van der Waals surface area contributed by atoms with E-state index in [1.54, 1.807) is 13.8 Å². The summed E-state index contributed by atoms with van der Waals surface area (Å²) in [5.41, 5.74) is 0.946. The highest BCUT2D eigenvalue weighted by atomic mass is 31.2. The van der Waals surface area contributed by atoms with Gasteiger partial charge in [-0.15, -0.1) is 0 Å². The molecule has 0 aliphatic carbocycles. The first-order valence-electron chi connectivity index (χ1n) is 7.73. The minimum Gasteiger partial charge on any atom is -0.481 e. The Morgan fingerprint density at radius 2 is 1.68 bits per heavy atom. The number of hydrogen-bond donors (Lipinski definition) is 0. The summed E-state index contributed by atoms with van der Waals surface area (Å²) in [7, 11) is -3.17. The number of rotatable bonds is 9. The highest BCUT2D eigenvalue weighted by molar-refractivity contribution is 7.53. The second-order valence-electron chi connectivity index (χ2n) is 4.65.